The van der Waals surface area contributed by atoms with Crippen molar-refractivity contribution in [3.05, 3.63) is 45.1 Å². The number of anilines is 2. The second-order valence-electron chi connectivity index (χ2n) is 3.20. The summed E-state index contributed by atoms with van der Waals surface area (Å²) in [4.78, 5) is 12.4. The third-order valence-corrected chi connectivity index (χ3v) is 3.25. The average molecular weight is 297 g/mol. The molecule has 0 aliphatic carbocycles. The monoisotopic (exact) mass is 296 g/mol. The van der Waals surface area contributed by atoms with Gasteiger partial charge in [-0.15, -0.1) is 11.3 Å². The highest BCUT2D eigenvalue weighted by Gasteiger charge is 2.07. The lowest BCUT2D eigenvalue weighted by molar-refractivity contribution is 0.103. The van der Waals surface area contributed by atoms with Gasteiger partial charge >= 0.3 is 0 Å². The summed E-state index contributed by atoms with van der Waals surface area (Å²) < 4.78 is 0.842. The van der Waals surface area contributed by atoms with Gasteiger partial charge in [0.1, 0.15) is 0 Å². The molecule has 0 saturated heterocycles. The predicted octanol–water partition coefficient (Wildman–Crippen LogP) is 3.35. The van der Waals surface area contributed by atoms with Crippen molar-refractivity contribution in [3.63, 3.8) is 0 Å². The van der Waals surface area contributed by atoms with Gasteiger partial charge in [-0.1, -0.05) is 22.0 Å². The van der Waals surface area contributed by atoms with E-state index in [2.05, 4.69) is 21.2 Å². The Morgan fingerprint density at radius 3 is 2.81 bits per heavy atom. The molecule has 0 aliphatic heterocycles. The van der Waals surface area contributed by atoms with E-state index in [9.17, 15) is 4.79 Å². The molecule has 0 fully saturated rings. The number of nitrogens with one attached hydrogen (secondary N) is 1. The van der Waals surface area contributed by atoms with Gasteiger partial charge in [-0.3, -0.25) is 4.79 Å². The zero-order chi connectivity index (χ0) is 11.5. The molecule has 0 atom stereocenters. The maximum absolute atomic E-state index is 11.7. The highest BCUT2D eigenvalue weighted by molar-refractivity contribution is 9.10. The number of thiophene rings is 1. The third kappa shape index (κ3) is 2.62. The average Bonchev–Trinajstić information content (AvgIpc) is 2.68. The van der Waals surface area contributed by atoms with Crippen molar-refractivity contribution >= 4 is 44.5 Å². The number of amides is 1. The molecule has 5 heteroatoms. The summed E-state index contributed by atoms with van der Waals surface area (Å²) in [6.45, 7) is 0. The lowest BCUT2D eigenvalue weighted by atomic mass is 10.3. The van der Waals surface area contributed by atoms with Gasteiger partial charge < -0.3 is 11.1 Å². The standard InChI is InChI=1S/C11H9BrN2OS/c12-7-4-8(13)6-9(5-7)14-11(15)10-2-1-3-16-10/h1-6H,13H2,(H,14,15). The van der Waals surface area contributed by atoms with E-state index in [0.29, 0.717) is 16.3 Å². The van der Waals surface area contributed by atoms with Crippen molar-refractivity contribution in [3.8, 4) is 0 Å². The molecule has 0 saturated carbocycles. The summed E-state index contributed by atoms with van der Waals surface area (Å²) in [7, 11) is 0. The van der Waals surface area contributed by atoms with E-state index in [1.54, 1.807) is 18.2 Å². The van der Waals surface area contributed by atoms with Crippen LogP contribution in [0.2, 0.25) is 0 Å². The molecule has 2 aromatic rings. The summed E-state index contributed by atoms with van der Waals surface area (Å²) in [5.74, 6) is -0.118. The number of halogens is 1. The lowest BCUT2D eigenvalue weighted by Gasteiger charge is -2.05. The number of carbonyl (C=O) groups is 1. The summed E-state index contributed by atoms with van der Waals surface area (Å²) in [6, 6.07) is 8.93. The van der Waals surface area contributed by atoms with Crippen LogP contribution in [0.5, 0.6) is 0 Å². The van der Waals surface area contributed by atoms with Crippen molar-refractivity contribution < 1.29 is 4.79 Å². The quantitative estimate of drug-likeness (QED) is 0.835. The normalized spacial score (nSPS) is 10.1. The Balaban J connectivity index is 2.18. The number of nitrogens with two attached hydrogens (primary N) is 1. The van der Waals surface area contributed by atoms with Crippen molar-refractivity contribution in [2.45, 2.75) is 0 Å². The van der Waals surface area contributed by atoms with E-state index in [1.807, 2.05) is 17.5 Å². The molecular weight excluding hydrogens is 288 g/mol. The minimum atomic E-state index is -0.118. The van der Waals surface area contributed by atoms with E-state index in [0.717, 1.165) is 4.47 Å². The van der Waals surface area contributed by atoms with Gasteiger partial charge in [-0.2, -0.15) is 0 Å². The van der Waals surface area contributed by atoms with Crippen LogP contribution in [0.1, 0.15) is 9.67 Å². The van der Waals surface area contributed by atoms with Crippen LogP contribution in [0.15, 0.2) is 40.2 Å². The van der Waals surface area contributed by atoms with Crippen LogP contribution in [0.25, 0.3) is 0 Å². The molecule has 82 valence electrons. The predicted molar refractivity (Wildman–Crippen MR) is 70.8 cm³/mol. The molecule has 1 heterocycles. The summed E-state index contributed by atoms with van der Waals surface area (Å²) in [5.41, 5.74) is 6.97. The first kappa shape index (κ1) is 11.2. The second kappa shape index (κ2) is 4.67. The zero-order valence-corrected chi connectivity index (χ0v) is 10.6. The molecule has 16 heavy (non-hydrogen) atoms. The smallest absolute Gasteiger partial charge is 0.265 e. The van der Waals surface area contributed by atoms with Crippen LogP contribution in [0.4, 0.5) is 11.4 Å². The molecule has 1 aromatic heterocycles. The fourth-order valence-corrected chi connectivity index (χ4v) is 2.41. The van der Waals surface area contributed by atoms with E-state index < -0.39 is 0 Å². The lowest BCUT2D eigenvalue weighted by Crippen LogP contribution is -2.10. The molecule has 3 N–H and O–H groups in total. The molecule has 0 bridgehead atoms. The number of rotatable bonds is 2. The Hall–Kier alpha value is -1.33. The molecule has 3 nitrogen and oxygen atoms in total. The first-order valence-electron chi connectivity index (χ1n) is 4.56. The molecule has 1 amide bonds. The maximum atomic E-state index is 11.7. The molecular formula is C11H9BrN2OS. The van der Waals surface area contributed by atoms with Crippen molar-refractivity contribution in [1.29, 1.82) is 0 Å². The third-order valence-electron chi connectivity index (χ3n) is 1.92. The minimum Gasteiger partial charge on any atom is -0.399 e. The van der Waals surface area contributed by atoms with Gasteiger partial charge in [0.15, 0.2) is 0 Å². The summed E-state index contributed by atoms with van der Waals surface area (Å²) in [5, 5.41) is 4.65. The summed E-state index contributed by atoms with van der Waals surface area (Å²) >= 11 is 4.73. The Labute approximate surface area is 105 Å². The first-order chi connectivity index (χ1) is 7.65. The Morgan fingerprint density at radius 2 is 2.19 bits per heavy atom. The van der Waals surface area contributed by atoms with Crippen LogP contribution < -0.4 is 11.1 Å². The number of nitrogen functional groups attached to an aromatic ring is 1. The van der Waals surface area contributed by atoms with E-state index in [-0.39, 0.29) is 5.91 Å². The van der Waals surface area contributed by atoms with Crippen molar-refractivity contribution in [2.75, 3.05) is 11.1 Å². The highest BCUT2D eigenvalue weighted by atomic mass is 79.9. The molecule has 2 rings (SSSR count). The van der Waals surface area contributed by atoms with Gasteiger partial charge in [0.25, 0.3) is 5.91 Å². The Kier molecular flexibility index (Phi) is 3.26. The van der Waals surface area contributed by atoms with Gasteiger partial charge in [-0.05, 0) is 29.6 Å². The fourth-order valence-electron chi connectivity index (χ4n) is 1.28. The number of hydrogen-bond acceptors (Lipinski definition) is 3. The maximum Gasteiger partial charge on any atom is 0.265 e. The van der Waals surface area contributed by atoms with Gasteiger partial charge in [-0.25, -0.2) is 0 Å². The zero-order valence-electron chi connectivity index (χ0n) is 8.24. The van der Waals surface area contributed by atoms with Gasteiger partial charge in [0.2, 0.25) is 0 Å². The fraction of sp³-hybridized carbons (Fsp3) is 0. The number of benzene rings is 1. The minimum absolute atomic E-state index is 0.118. The Morgan fingerprint density at radius 1 is 1.38 bits per heavy atom. The van der Waals surface area contributed by atoms with Crippen LogP contribution in [0, 0.1) is 0 Å². The summed E-state index contributed by atoms with van der Waals surface area (Å²) in [6.07, 6.45) is 0. The largest absolute Gasteiger partial charge is 0.399 e. The van der Waals surface area contributed by atoms with Crippen molar-refractivity contribution in [2.24, 2.45) is 0 Å². The molecule has 1 aromatic carbocycles. The van der Waals surface area contributed by atoms with Crippen LogP contribution in [-0.2, 0) is 0 Å². The van der Waals surface area contributed by atoms with Gasteiger partial charge in [0, 0.05) is 15.8 Å². The van der Waals surface area contributed by atoms with E-state index >= 15 is 0 Å². The Bertz CT molecular complexity index is 490. The first-order valence-corrected chi connectivity index (χ1v) is 6.23. The van der Waals surface area contributed by atoms with E-state index in [1.165, 1.54) is 11.3 Å². The van der Waals surface area contributed by atoms with Gasteiger partial charge in [0.05, 0.1) is 4.88 Å². The second-order valence-corrected chi connectivity index (χ2v) is 5.07. The SMILES string of the molecule is Nc1cc(Br)cc(NC(=O)c2cccs2)c1. The van der Waals surface area contributed by atoms with Crippen molar-refractivity contribution in [1.82, 2.24) is 0 Å². The van der Waals surface area contributed by atoms with Crippen LogP contribution in [-0.4, -0.2) is 5.91 Å². The molecule has 0 unspecified atom stereocenters. The van der Waals surface area contributed by atoms with Crippen LogP contribution in [0.3, 0.4) is 0 Å². The molecule has 0 spiro atoms. The molecule has 0 aliphatic rings. The number of carbonyl (C=O) groups excluding carboxylic acids is 1. The molecule has 0 radical (unpaired) electrons. The highest BCUT2D eigenvalue weighted by Crippen LogP contribution is 2.22. The topological polar surface area (TPSA) is 55.1 Å². The van der Waals surface area contributed by atoms with E-state index in [4.69, 9.17) is 5.73 Å². The van der Waals surface area contributed by atoms with Crippen LogP contribution >= 0.6 is 27.3 Å². The number of hydrogen-bond donors (Lipinski definition) is 2.